The van der Waals surface area contributed by atoms with Crippen LogP contribution in [0.15, 0.2) is 60.7 Å². The SMILES string of the molecule is O=C1OC(COc2ccccc2)Cn2nc(-c3ccc(Cl)cc3)cc21. The van der Waals surface area contributed by atoms with Crippen molar-refractivity contribution in [3.05, 3.63) is 71.4 Å². The zero-order valence-electron chi connectivity index (χ0n) is 13.3. The highest BCUT2D eigenvalue weighted by Crippen LogP contribution is 2.24. The molecule has 6 heteroatoms. The Morgan fingerprint density at radius 1 is 1.16 bits per heavy atom. The number of benzene rings is 2. The van der Waals surface area contributed by atoms with Crippen LogP contribution in [0.2, 0.25) is 5.02 Å². The summed E-state index contributed by atoms with van der Waals surface area (Å²) >= 11 is 5.91. The quantitative estimate of drug-likeness (QED) is 0.668. The second-order valence-electron chi connectivity index (χ2n) is 5.76. The summed E-state index contributed by atoms with van der Waals surface area (Å²) in [6.07, 6.45) is -0.377. The van der Waals surface area contributed by atoms with Gasteiger partial charge in [0, 0.05) is 10.6 Å². The smallest absolute Gasteiger partial charge is 0.357 e. The van der Waals surface area contributed by atoms with Gasteiger partial charge in [-0.15, -0.1) is 0 Å². The van der Waals surface area contributed by atoms with Crippen molar-refractivity contribution in [1.29, 1.82) is 0 Å². The molecular formula is C19H15ClN2O3. The molecule has 0 amide bonds. The minimum atomic E-state index is -0.388. The molecule has 0 saturated heterocycles. The number of carbonyl (C=O) groups is 1. The first-order chi connectivity index (χ1) is 12.2. The molecule has 25 heavy (non-hydrogen) atoms. The fourth-order valence-electron chi connectivity index (χ4n) is 2.72. The van der Waals surface area contributed by atoms with E-state index in [9.17, 15) is 4.79 Å². The molecular weight excluding hydrogens is 340 g/mol. The maximum absolute atomic E-state index is 12.2. The van der Waals surface area contributed by atoms with E-state index in [0.717, 1.165) is 11.3 Å². The number of para-hydroxylation sites is 1. The van der Waals surface area contributed by atoms with Crippen LogP contribution < -0.4 is 4.74 Å². The topological polar surface area (TPSA) is 53.4 Å². The maximum Gasteiger partial charge on any atom is 0.357 e. The van der Waals surface area contributed by atoms with Gasteiger partial charge in [-0.1, -0.05) is 41.9 Å². The molecule has 0 fully saturated rings. The summed E-state index contributed by atoms with van der Waals surface area (Å²) < 4.78 is 12.8. The Balaban J connectivity index is 1.50. The lowest BCUT2D eigenvalue weighted by Gasteiger charge is -2.23. The summed E-state index contributed by atoms with van der Waals surface area (Å²) in [4.78, 5) is 12.2. The molecule has 1 aliphatic heterocycles. The predicted molar refractivity (Wildman–Crippen MR) is 93.8 cm³/mol. The number of nitrogens with zero attached hydrogens (tertiary/aromatic N) is 2. The lowest BCUT2D eigenvalue weighted by atomic mass is 10.1. The van der Waals surface area contributed by atoms with Crippen molar-refractivity contribution in [2.24, 2.45) is 0 Å². The van der Waals surface area contributed by atoms with Gasteiger partial charge in [0.1, 0.15) is 18.1 Å². The van der Waals surface area contributed by atoms with Crippen molar-refractivity contribution < 1.29 is 14.3 Å². The molecule has 1 unspecified atom stereocenters. The van der Waals surface area contributed by atoms with Gasteiger partial charge in [-0.3, -0.25) is 4.68 Å². The van der Waals surface area contributed by atoms with Crippen LogP contribution in [0, 0.1) is 0 Å². The maximum atomic E-state index is 12.2. The number of fused-ring (bicyclic) bond motifs is 1. The van der Waals surface area contributed by atoms with E-state index in [-0.39, 0.29) is 18.7 Å². The van der Waals surface area contributed by atoms with Gasteiger partial charge < -0.3 is 9.47 Å². The lowest BCUT2D eigenvalue weighted by Crippen LogP contribution is -2.36. The van der Waals surface area contributed by atoms with E-state index in [2.05, 4.69) is 5.10 Å². The van der Waals surface area contributed by atoms with E-state index < -0.39 is 0 Å². The summed E-state index contributed by atoms with van der Waals surface area (Å²) in [6.45, 7) is 0.743. The van der Waals surface area contributed by atoms with E-state index in [1.54, 1.807) is 22.9 Å². The fourth-order valence-corrected chi connectivity index (χ4v) is 2.84. The van der Waals surface area contributed by atoms with E-state index >= 15 is 0 Å². The summed E-state index contributed by atoms with van der Waals surface area (Å²) in [5.74, 6) is 0.354. The molecule has 126 valence electrons. The third-order valence-electron chi connectivity index (χ3n) is 3.96. The largest absolute Gasteiger partial charge is 0.490 e. The monoisotopic (exact) mass is 354 g/mol. The predicted octanol–water partition coefficient (Wildman–Crippen LogP) is 3.82. The average molecular weight is 355 g/mol. The molecule has 4 rings (SSSR count). The number of cyclic esters (lactones) is 1. The van der Waals surface area contributed by atoms with Gasteiger partial charge in [0.05, 0.1) is 12.2 Å². The van der Waals surface area contributed by atoms with Gasteiger partial charge in [-0.2, -0.15) is 5.10 Å². The summed E-state index contributed by atoms with van der Waals surface area (Å²) in [5, 5.41) is 5.18. The summed E-state index contributed by atoms with van der Waals surface area (Å²) in [7, 11) is 0. The average Bonchev–Trinajstić information content (AvgIpc) is 3.06. The minimum Gasteiger partial charge on any atom is -0.490 e. The number of carbonyl (C=O) groups excluding carboxylic acids is 1. The molecule has 2 heterocycles. The van der Waals surface area contributed by atoms with Crippen molar-refractivity contribution in [2.45, 2.75) is 12.6 Å². The van der Waals surface area contributed by atoms with Gasteiger partial charge >= 0.3 is 5.97 Å². The highest BCUT2D eigenvalue weighted by molar-refractivity contribution is 6.30. The van der Waals surface area contributed by atoms with Gasteiger partial charge in [0.2, 0.25) is 0 Å². The van der Waals surface area contributed by atoms with Gasteiger partial charge in [0.25, 0.3) is 0 Å². The zero-order chi connectivity index (χ0) is 17.2. The second kappa shape index (κ2) is 6.61. The van der Waals surface area contributed by atoms with Crippen LogP contribution in [0.4, 0.5) is 0 Å². The molecule has 0 N–H and O–H groups in total. The van der Waals surface area contributed by atoms with Crippen molar-refractivity contribution in [3.63, 3.8) is 0 Å². The molecule has 1 atom stereocenters. The van der Waals surface area contributed by atoms with Crippen molar-refractivity contribution in [3.8, 4) is 17.0 Å². The van der Waals surface area contributed by atoms with Gasteiger partial charge in [-0.05, 0) is 30.3 Å². The molecule has 0 radical (unpaired) electrons. The van der Waals surface area contributed by atoms with Crippen LogP contribution in [-0.4, -0.2) is 28.5 Å². The lowest BCUT2D eigenvalue weighted by molar-refractivity contribution is 0.000345. The Kier molecular flexibility index (Phi) is 4.15. The van der Waals surface area contributed by atoms with Crippen LogP contribution in [0.25, 0.3) is 11.3 Å². The van der Waals surface area contributed by atoms with E-state index in [0.29, 0.717) is 23.0 Å². The molecule has 0 saturated carbocycles. The number of esters is 1. The Morgan fingerprint density at radius 2 is 1.92 bits per heavy atom. The third kappa shape index (κ3) is 3.37. The van der Waals surface area contributed by atoms with Crippen LogP contribution in [0.5, 0.6) is 5.75 Å². The van der Waals surface area contributed by atoms with Crippen molar-refractivity contribution in [1.82, 2.24) is 9.78 Å². The summed E-state index contributed by atoms with van der Waals surface area (Å²) in [5.41, 5.74) is 2.06. The molecule has 0 bridgehead atoms. The first-order valence-corrected chi connectivity index (χ1v) is 8.29. The third-order valence-corrected chi connectivity index (χ3v) is 4.21. The Morgan fingerprint density at radius 3 is 2.68 bits per heavy atom. The standard InChI is InChI=1S/C19H15ClN2O3/c20-14-8-6-13(7-9-14)17-10-18-19(23)25-16(11-22(18)21-17)12-24-15-4-2-1-3-5-15/h1-10,16H,11-12H2. The first kappa shape index (κ1) is 15.7. The number of rotatable bonds is 4. The molecule has 5 nitrogen and oxygen atoms in total. The number of hydrogen-bond donors (Lipinski definition) is 0. The van der Waals surface area contributed by atoms with Gasteiger partial charge in [0.15, 0.2) is 6.10 Å². The summed E-state index contributed by atoms with van der Waals surface area (Å²) in [6, 6.07) is 18.5. The van der Waals surface area contributed by atoms with Crippen LogP contribution in [0.1, 0.15) is 10.5 Å². The Labute approximate surface area is 149 Å². The first-order valence-electron chi connectivity index (χ1n) is 7.92. The van der Waals surface area contributed by atoms with Crippen LogP contribution >= 0.6 is 11.6 Å². The molecule has 1 aromatic heterocycles. The molecule has 1 aliphatic rings. The second-order valence-corrected chi connectivity index (χ2v) is 6.19. The van der Waals surface area contributed by atoms with E-state index in [1.165, 1.54) is 0 Å². The number of aromatic nitrogens is 2. The van der Waals surface area contributed by atoms with Gasteiger partial charge in [-0.25, -0.2) is 4.79 Å². The van der Waals surface area contributed by atoms with E-state index in [4.69, 9.17) is 21.1 Å². The highest BCUT2D eigenvalue weighted by atomic mass is 35.5. The van der Waals surface area contributed by atoms with Crippen LogP contribution in [-0.2, 0) is 11.3 Å². The Hall–Kier alpha value is -2.79. The molecule has 0 aliphatic carbocycles. The normalized spacial score (nSPS) is 16.2. The number of ether oxygens (including phenoxy) is 2. The van der Waals surface area contributed by atoms with Crippen LogP contribution in [0.3, 0.4) is 0 Å². The molecule has 2 aromatic carbocycles. The minimum absolute atomic E-state index is 0.283. The molecule has 3 aromatic rings. The number of halogens is 1. The highest BCUT2D eigenvalue weighted by Gasteiger charge is 2.29. The van der Waals surface area contributed by atoms with E-state index in [1.807, 2.05) is 42.5 Å². The van der Waals surface area contributed by atoms with Crippen molar-refractivity contribution >= 4 is 17.6 Å². The zero-order valence-corrected chi connectivity index (χ0v) is 14.0. The van der Waals surface area contributed by atoms with Crippen molar-refractivity contribution in [2.75, 3.05) is 6.61 Å². The number of hydrogen-bond acceptors (Lipinski definition) is 4. The molecule has 0 spiro atoms. The Bertz CT molecular complexity index is 891. The fraction of sp³-hybridized carbons (Fsp3) is 0.158.